The number of piperazine rings is 1. The first kappa shape index (κ1) is 30.0. The molecular weight excluding hydrogens is 564 g/mol. The Kier molecular flexibility index (Phi) is 8.89. The first-order valence-corrected chi connectivity index (χ1v) is 15.2. The molecule has 45 heavy (non-hydrogen) atoms. The van der Waals surface area contributed by atoms with Gasteiger partial charge in [0.25, 0.3) is 5.89 Å². The number of hydrogen-bond acceptors (Lipinski definition) is 8. The third-order valence-corrected chi connectivity index (χ3v) is 8.44. The molecule has 4 heterocycles. The van der Waals surface area contributed by atoms with Gasteiger partial charge in [-0.2, -0.15) is 4.98 Å². The first-order chi connectivity index (χ1) is 21.9. The number of aryl methyl sites for hydroxylation is 1. The third-order valence-electron chi connectivity index (χ3n) is 8.44. The second kappa shape index (κ2) is 13.3. The van der Waals surface area contributed by atoms with Crippen molar-refractivity contribution in [3.8, 4) is 34.1 Å². The van der Waals surface area contributed by atoms with Gasteiger partial charge < -0.3 is 24.0 Å². The zero-order valence-corrected chi connectivity index (χ0v) is 25.9. The minimum atomic E-state index is 0.0842. The second-order valence-corrected chi connectivity index (χ2v) is 11.6. The molecule has 2 aromatic heterocycles. The molecule has 1 amide bonds. The van der Waals surface area contributed by atoms with Gasteiger partial charge in [-0.05, 0) is 61.5 Å². The lowest BCUT2D eigenvalue weighted by Crippen LogP contribution is -2.44. The highest BCUT2D eigenvalue weighted by atomic mass is 16.5. The number of anilines is 1. The summed E-state index contributed by atoms with van der Waals surface area (Å²) in [5.41, 5.74) is 5.86. The van der Waals surface area contributed by atoms with Gasteiger partial charge in [0, 0.05) is 74.5 Å². The molecule has 9 heteroatoms. The number of pyridine rings is 1. The summed E-state index contributed by atoms with van der Waals surface area (Å²) >= 11 is 0. The Balaban J connectivity index is 1.29. The molecule has 2 fully saturated rings. The molecule has 2 saturated heterocycles. The van der Waals surface area contributed by atoms with Crippen molar-refractivity contribution < 1.29 is 14.1 Å². The van der Waals surface area contributed by atoms with E-state index in [9.17, 15) is 4.79 Å². The van der Waals surface area contributed by atoms with Crippen molar-refractivity contribution in [1.82, 2.24) is 24.9 Å². The van der Waals surface area contributed by atoms with Crippen LogP contribution in [0.5, 0.6) is 11.5 Å². The summed E-state index contributed by atoms with van der Waals surface area (Å²) in [6.07, 6.45) is 9.75. The van der Waals surface area contributed by atoms with Crippen molar-refractivity contribution in [3.05, 3.63) is 109 Å². The van der Waals surface area contributed by atoms with Gasteiger partial charge in [0.1, 0.15) is 11.5 Å². The minimum absolute atomic E-state index is 0.0842. The second-order valence-electron chi connectivity index (χ2n) is 11.6. The summed E-state index contributed by atoms with van der Waals surface area (Å²) in [5.74, 6) is 2.57. The van der Waals surface area contributed by atoms with Gasteiger partial charge in [-0.1, -0.05) is 48.7 Å². The van der Waals surface area contributed by atoms with E-state index in [-0.39, 0.29) is 11.8 Å². The molecule has 1 atom stereocenters. The Hall–Kier alpha value is -5.02. The molecule has 2 aliphatic heterocycles. The maximum atomic E-state index is 13.1. The maximum absolute atomic E-state index is 13.1. The van der Waals surface area contributed by atoms with Gasteiger partial charge in [0.2, 0.25) is 5.91 Å². The first-order valence-electron chi connectivity index (χ1n) is 15.2. The van der Waals surface area contributed by atoms with Crippen LogP contribution in [0.4, 0.5) is 5.69 Å². The number of nitrogens with zero attached hydrogens (tertiary/aromatic N) is 6. The van der Waals surface area contributed by atoms with Crippen LogP contribution in [0, 0.1) is 12.8 Å². The topological polar surface area (TPSA) is 87.8 Å². The van der Waals surface area contributed by atoms with Crippen LogP contribution in [0.3, 0.4) is 0 Å². The predicted octanol–water partition coefficient (Wildman–Crippen LogP) is 6.30. The Morgan fingerprint density at radius 2 is 1.80 bits per heavy atom. The van der Waals surface area contributed by atoms with E-state index in [1.54, 1.807) is 13.0 Å². The van der Waals surface area contributed by atoms with Gasteiger partial charge in [-0.3, -0.25) is 9.78 Å². The number of carbonyl (C=O) groups is 1. The van der Waals surface area contributed by atoms with E-state index in [1.807, 2.05) is 59.8 Å². The predicted molar refractivity (Wildman–Crippen MR) is 176 cm³/mol. The molecule has 2 aromatic carbocycles. The molecule has 0 N–H and O–H groups in total. The van der Waals surface area contributed by atoms with Crippen LogP contribution in [0.2, 0.25) is 0 Å². The van der Waals surface area contributed by atoms with Crippen molar-refractivity contribution >= 4 is 11.6 Å². The monoisotopic (exact) mass is 602 g/mol. The number of allylic oxidation sites excluding steroid dienone is 3. The smallest absolute Gasteiger partial charge is 0.257 e. The maximum Gasteiger partial charge on any atom is 0.257 e. The van der Waals surface area contributed by atoms with Crippen LogP contribution in [0.1, 0.15) is 17.8 Å². The molecule has 0 saturated carbocycles. The van der Waals surface area contributed by atoms with Gasteiger partial charge in [-0.25, -0.2) is 0 Å². The normalized spacial score (nSPS) is 17.5. The molecule has 9 nitrogen and oxygen atoms in total. The highest BCUT2D eigenvalue weighted by molar-refractivity contribution is 5.79. The number of aromatic nitrogens is 3. The Morgan fingerprint density at radius 3 is 2.51 bits per heavy atom. The average Bonchev–Trinajstić information content (AvgIpc) is 3.66. The molecular formula is C36H38N6O3. The van der Waals surface area contributed by atoms with Gasteiger partial charge in [0.05, 0.1) is 11.9 Å². The summed E-state index contributed by atoms with van der Waals surface area (Å²) < 4.78 is 11.8. The molecule has 0 radical (unpaired) electrons. The SMILES string of the molecule is C=C/C=C(\C=C)[C@@H]1CC(=O)N(Cc2ccc(-c3cncc(N4CCN(C)CC4)c3)cc2Oc2ccc(-c3nc(C)no3)cc2)C1. The van der Waals surface area contributed by atoms with Crippen molar-refractivity contribution in [3.63, 3.8) is 0 Å². The van der Waals surface area contributed by atoms with Crippen LogP contribution in [0.15, 0.2) is 102 Å². The number of rotatable bonds is 10. The molecule has 0 aliphatic carbocycles. The summed E-state index contributed by atoms with van der Waals surface area (Å²) in [6, 6.07) is 15.9. The zero-order valence-electron chi connectivity index (χ0n) is 25.9. The molecule has 0 spiro atoms. The van der Waals surface area contributed by atoms with Crippen molar-refractivity contribution in [1.29, 1.82) is 0 Å². The lowest BCUT2D eigenvalue weighted by molar-refractivity contribution is -0.128. The molecule has 0 unspecified atom stereocenters. The molecule has 4 aromatic rings. The van der Waals surface area contributed by atoms with E-state index in [2.05, 4.69) is 63.3 Å². The third kappa shape index (κ3) is 6.89. The highest BCUT2D eigenvalue weighted by Crippen LogP contribution is 2.35. The Bertz CT molecular complexity index is 1720. The number of likely N-dealkylation sites (N-methyl/N-ethyl adjacent to an activating group) is 1. The summed E-state index contributed by atoms with van der Waals surface area (Å²) in [4.78, 5) is 28.6. The summed E-state index contributed by atoms with van der Waals surface area (Å²) in [5, 5.41) is 3.89. The van der Waals surface area contributed by atoms with Crippen molar-refractivity contribution in [2.24, 2.45) is 5.92 Å². The van der Waals surface area contributed by atoms with E-state index in [4.69, 9.17) is 9.26 Å². The van der Waals surface area contributed by atoms with E-state index in [0.29, 0.717) is 42.7 Å². The quantitative estimate of drug-likeness (QED) is 0.196. The Morgan fingerprint density at radius 1 is 1.02 bits per heavy atom. The van der Waals surface area contributed by atoms with E-state index >= 15 is 0 Å². The Labute approximate surface area is 264 Å². The summed E-state index contributed by atoms with van der Waals surface area (Å²) in [6.45, 7) is 14.6. The van der Waals surface area contributed by atoms with E-state index < -0.39 is 0 Å². The summed E-state index contributed by atoms with van der Waals surface area (Å²) in [7, 11) is 2.15. The standard InChI is InChI=1S/C36H38N6O3/c1-5-7-26(6-2)31-20-35(43)42(24-31)23-29-9-8-28(30-18-32(22-37-21-30)41-16-14-40(4)15-17-41)19-34(29)44-33-12-10-27(11-13-33)36-38-25(3)39-45-36/h5-13,18-19,21-22,31H,1-2,14-17,20,23-24H2,3-4H3/b26-7+/t31-/m1/s1. The van der Waals surface area contributed by atoms with Crippen LogP contribution in [-0.4, -0.2) is 70.6 Å². The molecule has 230 valence electrons. The average molecular weight is 603 g/mol. The van der Waals surface area contributed by atoms with Crippen LogP contribution >= 0.6 is 0 Å². The van der Waals surface area contributed by atoms with Crippen molar-refractivity contribution in [2.45, 2.75) is 19.9 Å². The van der Waals surface area contributed by atoms with Crippen LogP contribution in [0.25, 0.3) is 22.6 Å². The number of amides is 1. The number of hydrogen-bond donors (Lipinski definition) is 0. The lowest BCUT2D eigenvalue weighted by Gasteiger charge is -2.34. The van der Waals surface area contributed by atoms with Crippen molar-refractivity contribution in [2.75, 3.05) is 44.7 Å². The van der Waals surface area contributed by atoms with Gasteiger partial charge in [-0.15, -0.1) is 0 Å². The number of carbonyl (C=O) groups excluding carboxylic acids is 1. The number of ether oxygens (including phenoxy) is 1. The number of benzene rings is 2. The molecule has 0 bridgehead atoms. The number of likely N-dealkylation sites (tertiary alicyclic amines) is 1. The van der Waals surface area contributed by atoms with E-state index in [1.165, 1.54) is 0 Å². The molecule has 6 rings (SSSR count). The van der Waals surface area contributed by atoms with Gasteiger partial charge >= 0.3 is 0 Å². The van der Waals surface area contributed by atoms with Gasteiger partial charge in [0.15, 0.2) is 5.82 Å². The fourth-order valence-electron chi connectivity index (χ4n) is 5.85. The van der Waals surface area contributed by atoms with Crippen LogP contribution < -0.4 is 9.64 Å². The minimum Gasteiger partial charge on any atom is -0.457 e. The van der Waals surface area contributed by atoms with Crippen LogP contribution in [-0.2, 0) is 11.3 Å². The largest absolute Gasteiger partial charge is 0.457 e. The zero-order chi connectivity index (χ0) is 31.3. The highest BCUT2D eigenvalue weighted by Gasteiger charge is 2.31. The van der Waals surface area contributed by atoms with E-state index in [0.717, 1.165) is 59.7 Å². The fourth-order valence-corrected chi connectivity index (χ4v) is 5.85. The lowest BCUT2D eigenvalue weighted by atomic mass is 9.98. The fraction of sp³-hybridized carbons (Fsp3) is 0.278. The molecule has 2 aliphatic rings.